The minimum absolute atomic E-state index is 0.300. The zero-order valence-corrected chi connectivity index (χ0v) is 15.5. The molecule has 1 unspecified atom stereocenters. The number of carbonyl (C=O) groups excluding carboxylic acids is 1. The molecule has 2 aromatic rings. The molecule has 5 heteroatoms. The maximum Gasteiger partial charge on any atom is 0.254 e. The molecule has 1 aromatic carbocycles. The minimum atomic E-state index is -0.535. The molecule has 0 bridgehead atoms. The Labute approximate surface area is 155 Å². The Kier molecular flexibility index (Phi) is 5.89. The molecule has 1 heterocycles. The number of hydrogen-bond acceptors (Lipinski definition) is 4. The first-order chi connectivity index (χ1) is 12.5. The molecule has 0 spiro atoms. The number of hydrogen-bond donors (Lipinski definition) is 2. The molecule has 0 aliphatic heterocycles. The van der Waals surface area contributed by atoms with E-state index in [0.717, 1.165) is 37.5 Å². The Morgan fingerprint density at radius 3 is 2.96 bits per heavy atom. The van der Waals surface area contributed by atoms with E-state index in [-0.39, 0.29) is 0 Å². The lowest BCUT2D eigenvalue weighted by molar-refractivity contribution is 0.0997. The van der Waals surface area contributed by atoms with Crippen LogP contribution in [0.25, 0.3) is 0 Å². The van der Waals surface area contributed by atoms with Gasteiger partial charge in [-0.15, -0.1) is 0 Å². The molecule has 1 aromatic heterocycles. The molecule has 26 heavy (non-hydrogen) atoms. The number of nitrogens with two attached hydrogens (primary N) is 1. The van der Waals surface area contributed by atoms with Crippen molar-refractivity contribution in [1.82, 2.24) is 10.3 Å². The normalized spacial score (nSPS) is 16.3. The first-order valence-electron chi connectivity index (χ1n) is 9.30. The molecule has 3 N–H and O–H groups in total. The second-order valence-corrected chi connectivity index (χ2v) is 7.31. The highest BCUT2D eigenvalue weighted by molar-refractivity contribution is 5.95. The summed E-state index contributed by atoms with van der Waals surface area (Å²) < 4.78 is 6.06. The van der Waals surface area contributed by atoms with Crippen molar-refractivity contribution in [3.8, 4) is 11.5 Å². The summed E-state index contributed by atoms with van der Waals surface area (Å²) in [6.07, 6.45) is 7.30. The molecular formula is C21H27N3O2. The summed E-state index contributed by atoms with van der Waals surface area (Å²) in [6, 6.07) is 8.32. The van der Waals surface area contributed by atoms with Gasteiger partial charge >= 0.3 is 0 Å². The summed E-state index contributed by atoms with van der Waals surface area (Å²) in [5.41, 5.74) is 8.26. The first kappa shape index (κ1) is 18.4. The Balaban J connectivity index is 1.74. The molecule has 0 saturated carbocycles. The minimum Gasteiger partial charge on any atom is -0.456 e. The largest absolute Gasteiger partial charge is 0.456 e. The molecule has 1 aliphatic rings. The number of amides is 1. The van der Waals surface area contributed by atoms with E-state index < -0.39 is 5.91 Å². The number of rotatable bonds is 7. The van der Waals surface area contributed by atoms with Crippen LogP contribution in [-0.4, -0.2) is 23.5 Å². The van der Waals surface area contributed by atoms with Gasteiger partial charge in [0.05, 0.1) is 0 Å². The average Bonchev–Trinajstić information content (AvgIpc) is 2.62. The van der Waals surface area contributed by atoms with Crippen LogP contribution in [0.4, 0.5) is 0 Å². The fraction of sp³-hybridized carbons (Fsp3) is 0.429. The zero-order valence-electron chi connectivity index (χ0n) is 15.5. The second-order valence-electron chi connectivity index (χ2n) is 7.31. The van der Waals surface area contributed by atoms with E-state index in [0.29, 0.717) is 17.4 Å². The predicted molar refractivity (Wildman–Crippen MR) is 103 cm³/mol. The van der Waals surface area contributed by atoms with Crippen molar-refractivity contribution in [3.05, 3.63) is 53.3 Å². The van der Waals surface area contributed by atoms with Crippen molar-refractivity contribution in [2.24, 2.45) is 11.7 Å². The van der Waals surface area contributed by atoms with Crippen molar-refractivity contribution in [2.75, 3.05) is 6.54 Å². The smallest absolute Gasteiger partial charge is 0.254 e. The first-order valence-corrected chi connectivity index (χ1v) is 9.30. The number of benzene rings is 1. The van der Waals surface area contributed by atoms with Crippen LogP contribution in [0.5, 0.6) is 11.5 Å². The monoisotopic (exact) mass is 353 g/mol. The summed E-state index contributed by atoms with van der Waals surface area (Å²) >= 11 is 0. The zero-order chi connectivity index (χ0) is 18.5. The van der Waals surface area contributed by atoms with E-state index >= 15 is 0 Å². The third-order valence-corrected chi connectivity index (χ3v) is 4.86. The van der Waals surface area contributed by atoms with Gasteiger partial charge in [0.15, 0.2) is 0 Å². The van der Waals surface area contributed by atoms with E-state index in [4.69, 9.17) is 10.5 Å². The Morgan fingerprint density at radius 1 is 1.35 bits per heavy atom. The number of aromatic nitrogens is 1. The van der Waals surface area contributed by atoms with Crippen molar-refractivity contribution >= 4 is 5.91 Å². The lowest BCUT2D eigenvalue weighted by Crippen LogP contribution is -2.35. The predicted octanol–water partition coefficient (Wildman–Crippen LogP) is 3.47. The summed E-state index contributed by atoms with van der Waals surface area (Å²) in [5.74, 6) is 1.44. The van der Waals surface area contributed by atoms with Gasteiger partial charge in [-0.2, -0.15) is 0 Å². The molecule has 0 radical (unpaired) electrons. The molecule has 1 aliphatic carbocycles. The Morgan fingerprint density at radius 2 is 2.19 bits per heavy atom. The fourth-order valence-corrected chi connectivity index (χ4v) is 3.39. The number of primary amides is 1. The van der Waals surface area contributed by atoms with Crippen LogP contribution in [0, 0.1) is 5.92 Å². The lowest BCUT2D eigenvalue weighted by Gasteiger charge is -2.27. The standard InChI is InChI=1S/C21H27N3O2/c1-14(2)8-11-24-16-6-7-17-15(12-16)4-3-5-19(17)26-20-9-10-23-13-18(20)21(22)25/h3-5,9-10,13-14,16,24H,6-8,11-12H2,1-2H3,(H2,22,25). The third-order valence-electron chi connectivity index (χ3n) is 4.86. The topological polar surface area (TPSA) is 77.2 Å². The number of pyridine rings is 1. The van der Waals surface area contributed by atoms with Crippen LogP contribution in [-0.2, 0) is 12.8 Å². The quantitative estimate of drug-likeness (QED) is 0.799. The van der Waals surface area contributed by atoms with E-state index in [1.807, 2.05) is 12.1 Å². The molecule has 0 saturated heterocycles. The molecular weight excluding hydrogens is 326 g/mol. The average molecular weight is 353 g/mol. The number of nitrogens with zero attached hydrogens (tertiary/aromatic N) is 1. The van der Waals surface area contributed by atoms with Gasteiger partial charge < -0.3 is 15.8 Å². The highest BCUT2D eigenvalue weighted by atomic mass is 16.5. The highest BCUT2D eigenvalue weighted by Gasteiger charge is 2.22. The second kappa shape index (κ2) is 8.32. The summed E-state index contributed by atoms with van der Waals surface area (Å²) in [7, 11) is 0. The van der Waals surface area contributed by atoms with E-state index in [1.54, 1.807) is 12.3 Å². The van der Waals surface area contributed by atoms with Gasteiger partial charge in [0.25, 0.3) is 5.91 Å². The third kappa shape index (κ3) is 4.41. The van der Waals surface area contributed by atoms with Gasteiger partial charge in [0.1, 0.15) is 17.1 Å². The van der Waals surface area contributed by atoms with Crippen molar-refractivity contribution in [3.63, 3.8) is 0 Å². The van der Waals surface area contributed by atoms with E-state index in [2.05, 4.69) is 30.2 Å². The van der Waals surface area contributed by atoms with Crippen LogP contribution in [0.3, 0.4) is 0 Å². The SMILES string of the molecule is CC(C)CCNC1CCc2c(cccc2Oc2ccncc2C(N)=O)C1. The number of ether oxygens (including phenoxy) is 1. The van der Waals surface area contributed by atoms with Crippen LogP contribution in [0.2, 0.25) is 0 Å². The molecule has 138 valence electrons. The maximum atomic E-state index is 11.6. The van der Waals surface area contributed by atoms with Gasteiger partial charge in [-0.25, -0.2) is 0 Å². The molecule has 5 nitrogen and oxygen atoms in total. The number of nitrogens with one attached hydrogen (secondary N) is 1. The highest BCUT2D eigenvalue weighted by Crippen LogP contribution is 2.33. The van der Waals surface area contributed by atoms with Crippen molar-refractivity contribution in [1.29, 1.82) is 0 Å². The molecule has 0 fully saturated rings. The van der Waals surface area contributed by atoms with Crippen molar-refractivity contribution in [2.45, 2.75) is 45.6 Å². The Bertz CT molecular complexity index is 774. The van der Waals surface area contributed by atoms with E-state index in [1.165, 1.54) is 23.7 Å². The summed E-state index contributed by atoms with van der Waals surface area (Å²) in [5, 5.41) is 3.68. The molecule has 1 amide bonds. The lowest BCUT2D eigenvalue weighted by atomic mass is 9.87. The maximum absolute atomic E-state index is 11.6. The van der Waals surface area contributed by atoms with Gasteiger partial charge in [0, 0.05) is 18.4 Å². The van der Waals surface area contributed by atoms with Crippen LogP contribution in [0.15, 0.2) is 36.7 Å². The summed E-state index contributed by atoms with van der Waals surface area (Å²) in [6.45, 7) is 5.56. The fourth-order valence-electron chi connectivity index (χ4n) is 3.39. The van der Waals surface area contributed by atoms with Crippen LogP contribution < -0.4 is 15.8 Å². The molecule has 3 rings (SSSR count). The van der Waals surface area contributed by atoms with Gasteiger partial charge in [-0.05, 0) is 61.4 Å². The van der Waals surface area contributed by atoms with Crippen molar-refractivity contribution < 1.29 is 9.53 Å². The summed E-state index contributed by atoms with van der Waals surface area (Å²) in [4.78, 5) is 15.5. The van der Waals surface area contributed by atoms with E-state index in [9.17, 15) is 4.79 Å². The van der Waals surface area contributed by atoms with Gasteiger partial charge in [0.2, 0.25) is 0 Å². The van der Waals surface area contributed by atoms with Gasteiger partial charge in [-0.3, -0.25) is 9.78 Å². The van der Waals surface area contributed by atoms with Crippen LogP contribution >= 0.6 is 0 Å². The molecule has 1 atom stereocenters. The Hall–Kier alpha value is -2.40. The van der Waals surface area contributed by atoms with Crippen LogP contribution in [0.1, 0.15) is 48.2 Å². The number of carbonyl (C=O) groups is 1. The van der Waals surface area contributed by atoms with Gasteiger partial charge in [-0.1, -0.05) is 26.0 Å². The number of fused-ring (bicyclic) bond motifs is 1.